The molecule has 0 spiro atoms. The van der Waals surface area contributed by atoms with Crippen LogP contribution in [0.4, 0.5) is 17.6 Å². The van der Waals surface area contributed by atoms with Gasteiger partial charge in [-0.2, -0.15) is 13.2 Å². The van der Waals surface area contributed by atoms with Crippen LogP contribution < -0.4 is 0 Å². The summed E-state index contributed by atoms with van der Waals surface area (Å²) in [6, 6.07) is 0. The number of rotatable bonds is 3. The Morgan fingerprint density at radius 2 is 1.24 bits per heavy atom. The summed E-state index contributed by atoms with van der Waals surface area (Å²) in [5, 5.41) is 0. The molecule has 0 saturated heterocycles. The number of hydrogen-bond donors (Lipinski definition) is 0. The molecular formula is C13H24F4. The van der Waals surface area contributed by atoms with Crippen molar-refractivity contribution in [3.8, 4) is 0 Å². The van der Waals surface area contributed by atoms with Crippen LogP contribution in [0.25, 0.3) is 0 Å². The maximum atomic E-state index is 13.2. The lowest BCUT2D eigenvalue weighted by molar-refractivity contribution is -0.228. The second-order valence-electron chi connectivity index (χ2n) is 6.84. The molecule has 0 fully saturated rings. The first-order valence-corrected chi connectivity index (χ1v) is 5.94. The van der Waals surface area contributed by atoms with Crippen LogP contribution in [-0.2, 0) is 0 Å². The maximum absolute atomic E-state index is 13.2. The van der Waals surface area contributed by atoms with Crippen molar-refractivity contribution in [2.24, 2.45) is 22.7 Å². The third-order valence-corrected chi connectivity index (χ3v) is 3.22. The molecule has 104 valence electrons. The molecule has 0 amide bonds. The minimum absolute atomic E-state index is 0.0368. The molecule has 0 N–H and O–H groups in total. The first kappa shape index (κ1) is 16.7. The van der Waals surface area contributed by atoms with Gasteiger partial charge in [-0.25, -0.2) is 0 Å². The molecular weight excluding hydrogens is 232 g/mol. The SMILES string of the molecule is CC(C)(C)C(CCF)C(C(C)(C)C)C(F)(F)F. The van der Waals surface area contributed by atoms with E-state index in [9.17, 15) is 17.6 Å². The average Bonchev–Trinajstić information content (AvgIpc) is 1.96. The van der Waals surface area contributed by atoms with E-state index in [-0.39, 0.29) is 6.42 Å². The van der Waals surface area contributed by atoms with Crippen molar-refractivity contribution in [2.45, 2.75) is 54.1 Å². The van der Waals surface area contributed by atoms with Gasteiger partial charge in [-0.05, 0) is 23.2 Å². The Labute approximate surface area is 102 Å². The lowest BCUT2D eigenvalue weighted by Gasteiger charge is -2.44. The Bertz CT molecular complexity index is 215. The maximum Gasteiger partial charge on any atom is 0.392 e. The van der Waals surface area contributed by atoms with Crippen molar-refractivity contribution in [3.05, 3.63) is 0 Å². The average molecular weight is 256 g/mol. The van der Waals surface area contributed by atoms with Crippen molar-refractivity contribution in [1.82, 2.24) is 0 Å². The highest BCUT2D eigenvalue weighted by atomic mass is 19.4. The van der Waals surface area contributed by atoms with E-state index < -0.39 is 35.5 Å². The Morgan fingerprint density at radius 1 is 0.824 bits per heavy atom. The van der Waals surface area contributed by atoms with Gasteiger partial charge in [0, 0.05) is 0 Å². The predicted molar refractivity (Wildman–Crippen MR) is 62.5 cm³/mol. The summed E-state index contributed by atoms with van der Waals surface area (Å²) in [6.45, 7) is 9.25. The van der Waals surface area contributed by atoms with Crippen LogP contribution in [0.15, 0.2) is 0 Å². The first-order valence-electron chi connectivity index (χ1n) is 5.94. The molecule has 2 atom stereocenters. The van der Waals surface area contributed by atoms with Crippen LogP contribution in [0.3, 0.4) is 0 Å². The highest BCUT2D eigenvalue weighted by Crippen LogP contribution is 2.50. The quantitative estimate of drug-likeness (QED) is 0.606. The minimum atomic E-state index is -4.29. The van der Waals surface area contributed by atoms with Crippen LogP contribution >= 0.6 is 0 Å². The first-order chi connectivity index (χ1) is 7.31. The van der Waals surface area contributed by atoms with Crippen LogP contribution in [0.2, 0.25) is 0 Å². The van der Waals surface area contributed by atoms with Gasteiger partial charge in [-0.15, -0.1) is 0 Å². The largest absolute Gasteiger partial charge is 0.392 e. The fourth-order valence-electron chi connectivity index (χ4n) is 2.54. The van der Waals surface area contributed by atoms with E-state index >= 15 is 0 Å². The van der Waals surface area contributed by atoms with Gasteiger partial charge in [-0.3, -0.25) is 4.39 Å². The van der Waals surface area contributed by atoms with Crippen molar-refractivity contribution >= 4 is 0 Å². The highest BCUT2D eigenvalue weighted by Gasteiger charge is 2.53. The Hall–Kier alpha value is -0.280. The number of halogens is 4. The molecule has 0 aromatic rings. The van der Waals surface area contributed by atoms with E-state index in [4.69, 9.17) is 0 Å². The molecule has 2 unspecified atom stereocenters. The monoisotopic (exact) mass is 256 g/mol. The minimum Gasteiger partial charge on any atom is -0.251 e. The van der Waals surface area contributed by atoms with Crippen molar-refractivity contribution < 1.29 is 17.6 Å². The van der Waals surface area contributed by atoms with E-state index in [1.165, 1.54) is 0 Å². The molecule has 0 nitrogen and oxygen atoms in total. The molecule has 0 aliphatic rings. The Morgan fingerprint density at radius 3 is 1.41 bits per heavy atom. The molecule has 0 aromatic carbocycles. The van der Waals surface area contributed by atoms with Crippen molar-refractivity contribution in [3.63, 3.8) is 0 Å². The second-order valence-corrected chi connectivity index (χ2v) is 6.84. The van der Waals surface area contributed by atoms with E-state index in [0.29, 0.717) is 0 Å². The smallest absolute Gasteiger partial charge is 0.251 e. The molecule has 0 saturated carbocycles. The zero-order valence-electron chi connectivity index (χ0n) is 11.6. The van der Waals surface area contributed by atoms with Crippen LogP contribution in [-0.4, -0.2) is 12.9 Å². The van der Waals surface area contributed by atoms with Gasteiger partial charge in [0.1, 0.15) is 0 Å². The standard InChI is InChI=1S/C13H24F4/c1-11(2,3)9(7-8-14)10(12(4,5)6)13(15,16)17/h9-10H,7-8H2,1-6H3. The second kappa shape index (κ2) is 5.15. The van der Waals surface area contributed by atoms with Gasteiger partial charge in [0.15, 0.2) is 0 Å². The summed E-state index contributed by atoms with van der Waals surface area (Å²) in [7, 11) is 0. The summed E-state index contributed by atoms with van der Waals surface area (Å²) >= 11 is 0. The molecule has 0 bridgehead atoms. The summed E-state index contributed by atoms with van der Waals surface area (Å²) in [5.74, 6) is -2.18. The normalized spacial score (nSPS) is 18.0. The molecule has 0 radical (unpaired) electrons. The summed E-state index contributed by atoms with van der Waals surface area (Å²) in [4.78, 5) is 0. The Kier molecular flexibility index (Phi) is 5.06. The predicted octanol–water partition coefficient (Wildman–Crippen LogP) is 5.23. The van der Waals surface area contributed by atoms with E-state index in [0.717, 1.165) is 0 Å². The molecule has 17 heavy (non-hydrogen) atoms. The number of alkyl halides is 4. The molecule has 0 rings (SSSR count). The molecule has 0 aliphatic carbocycles. The van der Waals surface area contributed by atoms with Crippen LogP contribution in [0.1, 0.15) is 48.0 Å². The fourth-order valence-corrected chi connectivity index (χ4v) is 2.54. The molecule has 0 heterocycles. The summed E-state index contributed by atoms with van der Waals surface area (Å²) in [6.07, 6.45) is -4.32. The summed E-state index contributed by atoms with van der Waals surface area (Å²) < 4.78 is 52.1. The van der Waals surface area contributed by atoms with Gasteiger partial charge < -0.3 is 0 Å². The molecule has 4 heteroatoms. The van der Waals surface area contributed by atoms with Gasteiger partial charge in [0.2, 0.25) is 0 Å². The zero-order valence-corrected chi connectivity index (χ0v) is 11.6. The van der Waals surface area contributed by atoms with Crippen molar-refractivity contribution in [1.29, 1.82) is 0 Å². The topological polar surface area (TPSA) is 0 Å². The van der Waals surface area contributed by atoms with Gasteiger partial charge in [0.25, 0.3) is 0 Å². The number of hydrogen-bond acceptors (Lipinski definition) is 0. The van der Waals surface area contributed by atoms with Crippen LogP contribution in [0.5, 0.6) is 0 Å². The molecule has 0 aliphatic heterocycles. The lowest BCUT2D eigenvalue weighted by atomic mass is 9.63. The Balaban J connectivity index is 5.40. The highest BCUT2D eigenvalue weighted by molar-refractivity contribution is 4.91. The molecule has 0 aromatic heterocycles. The van der Waals surface area contributed by atoms with E-state index in [1.54, 1.807) is 41.5 Å². The zero-order chi connectivity index (χ0) is 14.1. The van der Waals surface area contributed by atoms with Gasteiger partial charge >= 0.3 is 6.18 Å². The lowest BCUT2D eigenvalue weighted by Crippen LogP contribution is -2.45. The van der Waals surface area contributed by atoms with Crippen molar-refractivity contribution in [2.75, 3.05) is 6.67 Å². The van der Waals surface area contributed by atoms with Crippen LogP contribution in [0, 0.1) is 22.7 Å². The third-order valence-electron chi connectivity index (χ3n) is 3.22. The van der Waals surface area contributed by atoms with Gasteiger partial charge in [-0.1, -0.05) is 41.5 Å². The summed E-state index contributed by atoms with van der Waals surface area (Å²) in [5.41, 5.74) is -1.47. The van der Waals surface area contributed by atoms with E-state index in [1.807, 2.05) is 0 Å². The fraction of sp³-hybridized carbons (Fsp3) is 1.00. The third kappa shape index (κ3) is 4.84. The van der Waals surface area contributed by atoms with E-state index in [2.05, 4.69) is 0 Å². The van der Waals surface area contributed by atoms with Gasteiger partial charge in [0.05, 0.1) is 12.6 Å².